The monoisotopic (exact) mass is 274 g/mol. The first-order chi connectivity index (χ1) is 9.19. The largest absolute Gasteiger partial charge is 0.384 e. The third-order valence-corrected chi connectivity index (χ3v) is 3.49. The van der Waals surface area contributed by atoms with E-state index in [-0.39, 0.29) is 5.91 Å². The van der Waals surface area contributed by atoms with Gasteiger partial charge in [-0.3, -0.25) is 4.79 Å². The van der Waals surface area contributed by atoms with Crippen LogP contribution in [0.5, 0.6) is 0 Å². The molecular formula is C15H18N2OS. The molecule has 100 valence electrons. The molecule has 3 nitrogen and oxygen atoms in total. The Morgan fingerprint density at radius 3 is 2.79 bits per heavy atom. The Balaban J connectivity index is 2.07. The van der Waals surface area contributed by atoms with Gasteiger partial charge in [-0.05, 0) is 53.9 Å². The van der Waals surface area contributed by atoms with Crippen molar-refractivity contribution in [3.8, 4) is 0 Å². The summed E-state index contributed by atoms with van der Waals surface area (Å²) >= 11 is 1.61. The summed E-state index contributed by atoms with van der Waals surface area (Å²) in [6.45, 7) is 4.91. The lowest BCUT2D eigenvalue weighted by Gasteiger charge is -2.12. The summed E-state index contributed by atoms with van der Waals surface area (Å²) < 4.78 is 0. The van der Waals surface area contributed by atoms with Gasteiger partial charge >= 0.3 is 0 Å². The highest BCUT2D eigenvalue weighted by atomic mass is 32.1. The summed E-state index contributed by atoms with van der Waals surface area (Å²) in [5.41, 5.74) is 4.04. The van der Waals surface area contributed by atoms with Gasteiger partial charge in [-0.25, -0.2) is 0 Å². The number of hydrogen-bond acceptors (Lipinski definition) is 3. The number of nitrogens with one attached hydrogen (secondary N) is 2. The van der Waals surface area contributed by atoms with E-state index in [9.17, 15) is 4.79 Å². The first-order valence-electron chi connectivity index (χ1n) is 6.34. The third-order valence-electron chi connectivity index (χ3n) is 2.76. The molecule has 1 heterocycles. The molecule has 1 aromatic carbocycles. The van der Waals surface area contributed by atoms with Crippen molar-refractivity contribution in [2.45, 2.75) is 20.3 Å². The van der Waals surface area contributed by atoms with Crippen LogP contribution in [-0.4, -0.2) is 12.5 Å². The fourth-order valence-electron chi connectivity index (χ4n) is 1.88. The lowest BCUT2D eigenvalue weighted by molar-refractivity contribution is -0.115. The van der Waals surface area contributed by atoms with E-state index in [4.69, 9.17) is 0 Å². The molecule has 0 atom stereocenters. The molecule has 0 bridgehead atoms. The van der Waals surface area contributed by atoms with Gasteiger partial charge in [0, 0.05) is 6.54 Å². The summed E-state index contributed by atoms with van der Waals surface area (Å²) in [4.78, 5) is 12.0. The lowest BCUT2D eigenvalue weighted by Crippen LogP contribution is -2.15. The Morgan fingerprint density at radius 2 is 2.11 bits per heavy atom. The average Bonchev–Trinajstić information content (AvgIpc) is 2.86. The fraction of sp³-hybridized carbons (Fsp3) is 0.267. The average molecular weight is 274 g/mol. The number of anilines is 2. The third kappa shape index (κ3) is 3.83. The predicted molar refractivity (Wildman–Crippen MR) is 82.0 cm³/mol. The van der Waals surface area contributed by atoms with Crippen LogP contribution in [0, 0.1) is 6.92 Å². The molecule has 0 unspecified atom stereocenters. The number of carbonyl (C=O) groups excluding carboxylic acids is 1. The van der Waals surface area contributed by atoms with Crippen LogP contribution in [0.4, 0.5) is 11.4 Å². The zero-order valence-corrected chi connectivity index (χ0v) is 12.0. The molecule has 2 rings (SSSR count). The van der Waals surface area contributed by atoms with Crippen LogP contribution >= 0.6 is 11.3 Å². The van der Waals surface area contributed by atoms with Crippen molar-refractivity contribution in [2.24, 2.45) is 0 Å². The maximum atomic E-state index is 12.0. The molecular weight excluding hydrogens is 256 g/mol. The molecule has 0 radical (unpaired) electrons. The van der Waals surface area contributed by atoms with E-state index >= 15 is 0 Å². The normalized spacial score (nSPS) is 10.2. The maximum Gasteiger partial charge on any atom is 0.228 e. The second-order valence-corrected chi connectivity index (χ2v) is 5.22. The molecule has 0 aliphatic rings. The predicted octanol–water partition coefficient (Wildman–Crippen LogP) is 3.67. The van der Waals surface area contributed by atoms with Crippen molar-refractivity contribution >= 4 is 28.6 Å². The zero-order chi connectivity index (χ0) is 13.7. The summed E-state index contributed by atoms with van der Waals surface area (Å²) in [7, 11) is 0. The van der Waals surface area contributed by atoms with Crippen LogP contribution in [-0.2, 0) is 11.2 Å². The highest BCUT2D eigenvalue weighted by Crippen LogP contribution is 2.23. The first-order valence-corrected chi connectivity index (χ1v) is 7.28. The quantitative estimate of drug-likeness (QED) is 0.873. The Hall–Kier alpha value is -1.81. The number of aryl methyl sites for hydroxylation is 1. The van der Waals surface area contributed by atoms with Gasteiger partial charge in [-0.15, -0.1) is 0 Å². The van der Waals surface area contributed by atoms with Gasteiger partial charge in [-0.1, -0.05) is 6.07 Å². The van der Waals surface area contributed by atoms with Crippen molar-refractivity contribution in [3.05, 3.63) is 46.2 Å². The topological polar surface area (TPSA) is 41.1 Å². The number of amides is 1. The molecule has 0 aliphatic carbocycles. The molecule has 0 spiro atoms. The van der Waals surface area contributed by atoms with Gasteiger partial charge in [-0.2, -0.15) is 11.3 Å². The number of benzene rings is 1. The summed E-state index contributed by atoms with van der Waals surface area (Å²) in [6.07, 6.45) is 0.420. The summed E-state index contributed by atoms with van der Waals surface area (Å²) in [5, 5.41) is 10.2. The van der Waals surface area contributed by atoms with Crippen molar-refractivity contribution in [2.75, 3.05) is 17.2 Å². The molecule has 0 fully saturated rings. The van der Waals surface area contributed by atoms with E-state index in [1.807, 2.05) is 48.9 Å². The van der Waals surface area contributed by atoms with Crippen molar-refractivity contribution < 1.29 is 4.79 Å². The van der Waals surface area contributed by atoms with Crippen molar-refractivity contribution in [1.82, 2.24) is 0 Å². The Kier molecular flexibility index (Phi) is 4.58. The Bertz CT molecular complexity index is 549. The number of thiophene rings is 1. The van der Waals surface area contributed by atoms with Crippen LogP contribution in [0.2, 0.25) is 0 Å². The standard InChI is InChI=1S/C15H18N2OS/c1-3-16-14-8-11(2)4-5-13(14)17-15(18)9-12-6-7-19-10-12/h4-8,10,16H,3,9H2,1-2H3,(H,17,18). The lowest BCUT2D eigenvalue weighted by atomic mass is 10.1. The van der Waals surface area contributed by atoms with E-state index in [1.54, 1.807) is 11.3 Å². The highest BCUT2D eigenvalue weighted by Gasteiger charge is 2.08. The van der Waals surface area contributed by atoms with Crippen LogP contribution in [0.1, 0.15) is 18.1 Å². The van der Waals surface area contributed by atoms with Crippen LogP contribution in [0.25, 0.3) is 0 Å². The van der Waals surface area contributed by atoms with Gasteiger partial charge in [0.15, 0.2) is 0 Å². The smallest absolute Gasteiger partial charge is 0.228 e. The Morgan fingerprint density at radius 1 is 1.26 bits per heavy atom. The fourth-order valence-corrected chi connectivity index (χ4v) is 2.55. The molecule has 2 N–H and O–H groups in total. The molecule has 19 heavy (non-hydrogen) atoms. The molecule has 0 saturated heterocycles. The van der Waals surface area contributed by atoms with Crippen molar-refractivity contribution in [1.29, 1.82) is 0 Å². The van der Waals surface area contributed by atoms with E-state index < -0.39 is 0 Å². The second kappa shape index (κ2) is 6.38. The molecule has 1 aromatic heterocycles. The minimum absolute atomic E-state index is 0.0152. The van der Waals surface area contributed by atoms with Crippen molar-refractivity contribution in [3.63, 3.8) is 0 Å². The first kappa shape index (κ1) is 13.6. The van der Waals surface area contributed by atoms with Gasteiger partial charge in [0.25, 0.3) is 0 Å². The molecule has 4 heteroatoms. The summed E-state index contributed by atoms with van der Waals surface area (Å²) in [6, 6.07) is 7.97. The van der Waals surface area contributed by atoms with Crippen LogP contribution in [0.3, 0.4) is 0 Å². The van der Waals surface area contributed by atoms with Gasteiger partial charge in [0.05, 0.1) is 17.8 Å². The molecule has 0 aliphatic heterocycles. The molecule has 2 aromatic rings. The number of rotatable bonds is 5. The number of hydrogen-bond donors (Lipinski definition) is 2. The second-order valence-electron chi connectivity index (χ2n) is 4.44. The molecule has 1 amide bonds. The van der Waals surface area contributed by atoms with Crippen LogP contribution < -0.4 is 10.6 Å². The van der Waals surface area contributed by atoms with Gasteiger partial charge < -0.3 is 10.6 Å². The minimum Gasteiger partial charge on any atom is -0.384 e. The van der Waals surface area contributed by atoms with Gasteiger partial charge in [0.2, 0.25) is 5.91 Å². The SMILES string of the molecule is CCNc1cc(C)ccc1NC(=O)Cc1ccsc1. The van der Waals surface area contributed by atoms with E-state index in [2.05, 4.69) is 10.6 Å². The minimum atomic E-state index is 0.0152. The molecule has 0 saturated carbocycles. The maximum absolute atomic E-state index is 12.0. The van der Waals surface area contributed by atoms with E-state index in [1.165, 1.54) is 5.56 Å². The van der Waals surface area contributed by atoms with Crippen LogP contribution in [0.15, 0.2) is 35.0 Å². The Labute approximate surface area is 117 Å². The van der Waals surface area contributed by atoms with E-state index in [0.717, 1.165) is 23.5 Å². The highest BCUT2D eigenvalue weighted by molar-refractivity contribution is 7.08. The van der Waals surface area contributed by atoms with Gasteiger partial charge in [0.1, 0.15) is 0 Å². The number of carbonyl (C=O) groups is 1. The zero-order valence-electron chi connectivity index (χ0n) is 11.2. The van der Waals surface area contributed by atoms with E-state index in [0.29, 0.717) is 6.42 Å². The summed E-state index contributed by atoms with van der Waals surface area (Å²) in [5.74, 6) is 0.0152.